The monoisotopic (exact) mass is 274 g/mol. The zero-order chi connectivity index (χ0) is 13.5. The van der Waals surface area contributed by atoms with E-state index in [1.165, 1.54) is 0 Å². The molecule has 0 aromatic carbocycles. The van der Waals surface area contributed by atoms with Crippen molar-refractivity contribution in [3.05, 3.63) is 5.28 Å². The third-order valence-electron chi connectivity index (χ3n) is 1.58. The Labute approximate surface area is 109 Å². The fourth-order valence-corrected chi connectivity index (χ4v) is 1.16. The largest absolute Gasteiger partial charge is 0.449 e. The van der Waals surface area contributed by atoms with Crippen LogP contribution in [0.2, 0.25) is 5.28 Å². The molecule has 9 heteroatoms. The SMILES string of the molecule is CCOC(=O)NNc1nc(Cl)nc(NC(C)C)n1. The summed E-state index contributed by atoms with van der Waals surface area (Å²) < 4.78 is 4.66. The van der Waals surface area contributed by atoms with E-state index in [-0.39, 0.29) is 23.9 Å². The van der Waals surface area contributed by atoms with Crippen LogP contribution in [-0.2, 0) is 4.74 Å². The van der Waals surface area contributed by atoms with Crippen LogP contribution in [0.4, 0.5) is 16.7 Å². The van der Waals surface area contributed by atoms with E-state index in [2.05, 4.69) is 35.9 Å². The maximum absolute atomic E-state index is 11.0. The van der Waals surface area contributed by atoms with E-state index in [1.807, 2.05) is 13.8 Å². The summed E-state index contributed by atoms with van der Waals surface area (Å²) in [6.45, 7) is 5.83. The molecule has 18 heavy (non-hydrogen) atoms. The number of carbonyl (C=O) groups excluding carboxylic acids is 1. The summed E-state index contributed by atoms with van der Waals surface area (Å²) in [5.41, 5.74) is 4.73. The number of nitrogens with one attached hydrogen (secondary N) is 3. The third kappa shape index (κ3) is 5.00. The number of amides is 1. The molecule has 0 aliphatic rings. The van der Waals surface area contributed by atoms with E-state index in [0.717, 1.165) is 0 Å². The lowest BCUT2D eigenvalue weighted by Crippen LogP contribution is -2.31. The number of nitrogens with zero attached hydrogens (tertiary/aromatic N) is 3. The van der Waals surface area contributed by atoms with Crippen LogP contribution in [0, 0.1) is 0 Å². The van der Waals surface area contributed by atoms with E-state index in [0.29, 0.717) is 5.95 Å². The van der Waals surface area contributed by atoms with Crippen LogP contribution in [0.3, 0.4) is 0 Å². The molecule has 0 fully saturated rings. The van der Waals surface area contributed by atoms with Gasteiger partial charge in [-0.2, -0.15) is 15.0 Å². The maximum atomic E-state index is 11.0. The molecule has 1 amide bonds. The number of halogens is 1. The van der Waals surface area contributed by atoms with Crippen LogP contribution in [0.1, 0.15) is 20.8 Å². The molecule has 0 aliphatic carbocycles. The molecule has 0 saturated carbocycles. The van der Waals surface area contributed by atoms with Gasteiger partial charge < -0.3 is 10.1 Å². The highest BCUT2D eigenvalue weighted by molar-refractivity contribution is 6.28. The van der Waals surface area contributed by atoms with Gasteiger partial charge in [0.25, 0.3) is 0 Å². The van der Waals surface area contributed by atoms with Crippen molar-refractivity contribution in [2.24, 2.45) is 0 Å². The van der Waals surface area contributed by atoms with Gasteiger partial charge in [-0.05, 0) is 32.4 Å². The van der Waals surface area contributed by atoms with Crippen LogP contribution < -0.4 is 16.2 Å². The summed E-state index contributed by atoms with van der Waals surface area (Å²) >= 11 is 5.72. The number of aromatic nitrogens is 3. The number of rotatable bonds is 5. The van der Waals surface area contributed by atoms with Gasteiger partial charge in [0.1, 0.15) is 0 Å². The first-order chi connectivity index (χ1) is 8.51. The molecule has 0 unspecified atom stereocenters. The van der Waals surface area contributed by atoms with Crippen LogP contribution in [0.25, 0.3) is 0 Å². The van der Waals surface area contributed by atoms with Gasteiger partial charge in [0.15, 0.2) is 0 Å². The average molecular weight is 275 g/mol. The van der Waals surface area contributed by atoms with E-state index < -0.39 is 6.09 Å². The standard InChI is InChI=1S/C9H15ClN6O2/c1-4-18-9(17)16-15-8-13-6(10)12-7(14-8)11-5(2)3/h5H,4H2,1-3H3,(H,16,17)(H2,11,12,13,14,15). The quantitative estimate of drug-likeness (QED) is 0.698. The molecule has 0 aliphatic heterocycles. The first kappa shape index (κ1) is 14.2. The van der Waals surface area contributed by atoms with E-state index >= 15 is 0 Å². The second-order valence-corrected chi connectivity index (χ2v) is 3.86. The van der Waals surface area contributed by atoms with Crippen molar-refractivity contribution in [3.8, 4) is 0 Å². The Morgan fingerprint density at radius 2 is 2.00 bits per heavy atom. The van der Waals surface area contributed by atoms with Crippen LogP contribution >= 0.6 is 11.6 Å². The molecule has 0 saturated heterocycles. The van der Waals surface area contributed by atoms with Crippen LogP contribution in [0.5, 0.6) is 0 Å². The second kappa shape index (κ2) is 6.80. The Kier molecular flexibility index (Phi) is 5.37. The topological polar surface area (TPSA) is 101 Å². The smallest absolute Gasteiger partial charge is 0.426 e. The first-order valence-electron chi connectivity index (χ1n) is 5.38. The Morgan fingerprint density at radius 3 is 2.61 bits per heavy atom. The first-order valence-corrected chi connectivity index (χ1v) is 5.76. The lowest BCUT2D eigenvalue weighted by Gasteiger charge is -2.10. The second-order valence-electron chi connectivity index (χ2n) is 3.52. The van der Waals surface area contributed by atoms with Gasteiger partial charge in [-0.15, -0.1) is 0 Å². The van der Waals surface area contributed by atoms with Gasteiger partial charge in [-0.1, -0.05) is 0 Å². The number of hydrazine groups is 1. The predicted octanol–water partition coefficient (Wildman–Crippen LogP) is 1.42. The zero-order valence-corrected chi connectivity index (χ0v) is 11.1. The molecule has 0 radical (unpaired) electrons. The summed E-state index contributed by atoms with van der Waals surface area (Å²) in [4.78, 5) is 22.7. The number of carbonyl (C=O) groups is 1. The highest BCUT2D eigenvalue weighted by Gasteiger charge is 2.07. The van der Waals surface area contributed by atoms with Crippen molar-refractivity contribution in [2.75, 3.05) is 17.3 Å². The lowest BCUT2D eigenvalue weighted by atomic mass is 10.4. The average Bonchev–Trinajstić information content (AvgIpc) is 2.25. The van der Waals surface area contributed by atoms with E-state index in [4.69, 9.17) is 11.6 Å². The maximum Gasteiger partial charge on any atom is 0.426 e. The Balaban J connectivity index is 2.65. The van der Waals surface area contributed by atoms with E-state index in [9.17, 15) is 4.79 Å². The fraction of sp³-hybridized carbons (Fsp3) is 0.556. The summed E-state index contributed by atoms with van der Waals surface area (Å²) in [5.74, 6) is 0.435. The Bertz CT molecular complexity index is 414. The highest BCUT2D eigenvalue weighted by Crippen LogP contribution is 2.09. The molecular weight excluding hydrogens is 260 g/mol. The summed E-state index contributed by atoms with van der Waals surface area (Å²) in [7, 11) is 0. The lowest BCUT2D eigenvalue weighted by molar-refractivity contribution is 0.154. The normalized spacial score (nSPS) is 10.1. The minimum Gasteiger partial charge on any atom is -0.449 e. The van der Waals surface area contributed by atoms with Gasteiger partial charge in [-0.25, -0.2) is 10.2 Å². The van der Waals surface area contributed by atoms with Gasteiger partial charge >= 0.3 is 6.09 Å². The molecule has 1 rings (SSSR count). The minimum absolute atomic E-state index is 0.0151. The van der Waals surface area contributed by atoms with Gasteiger partial charge in [0.2, 0.25) is 17.2 Å². The Morgan fingerprint density at radius 1 is 1.33 bits per heavy atom. The molecule has 0 atom stereocenters. The number of ether oxygens (including phenoxy) is 1. The minimum atomic E-state index is -0.632. The molecule has 0 bridgehead atoms. The predicted molar refractivity (Wildman–Crippen MR) is 67.4 cm³/mol. The summed E-state index contributed by atoms with van der Waals surface area (Å²) in [5, 5.41) is 2.98. The fourth-order valence-electron chi connectivity index (χ4n) is 1.00. The molecular formula is C9H15ClN6O2. The van der Waals surface area contributed by atoms with Crippen molar-refractivity contribution in [1.29, 1.82) is 0 Å². The molecule has 3 N–H and O–H groups in total. The zero-order valence-electron chi connectivity index (χ0n) is 10.3. The third-order valence-corrected chi connectivity index (χ3v) is 1.75. The van der Waals surface area contributed by atoms with Crippen molar-refractivity contribution in [3.63, 3.8) is 0 Å². The van der Waals surface area contributed by atoms with Gasteiger partial charge in [0.05, 0.1) is 6.61 Å². The summed E-state index contributed by atoms with van der Waals surface area (Å²) in [6, 6.07) is 0.148. The summed E-state index contributed by atoms with van der Waals surface area (Å²) in [6.07, 6.45) is -0.632. The molecule has 1 aromatic rings. The molecule has 100 valence electrons. The molecule has 8 nitrogen and oxygen atoms in total. The van der Waals surface area contributed by atoms with Crippen molar-refractivity contribution < 1.29 is 9.53 Å². The number of hydrogen-bond acceptors (Lipinski definition) is 7. The van der Waals surface area contributed by atoms with Crippen molar-refractivity contribution >= 4 is 29.6 Å². The Hall–Kier alpha value is -1.83. The van der Waals surface area contributed by atoms with Gasteiger partial charge in [-0.3, -0.25) is 5.43 Å². The van der Waals surface area contributed by atoms with Crippen LogP contribution in [-0.4, -0.2) is 33.7 Å². The molecule has 0 spiro atoms. The van der Waals surface area contributed by atoms with Crippen LogP contribution in [0.15, 0.2) is 0 Å². The van der Waals surface area contributed by atoms with Gasteiger partial charge in [0, 0.05) is 6.04 Å². The molecule has 1 aromatic heterocycles. The number of hydrogen-bond donors (Lipinski definition) is 3. The number of anilines is 2. The van der Waals surface area contributed by atoms with E-state index in [1.54, 1.807) is 6.92 Å². The highest BCUT2D eigenvalue weighted by atomic mass is 35.5. The van der Waals surface area contributed by atoms with Crippen molar-refractivity contribution in [2.45, 2.75) is 26.8 Å². The van der Waals surface area contributed by atoms with Crippen molar-refractivity contribution in [1.82, 2.24) is 20.4 Å². The molecule has 1 heterocycles.